The van der Waals surface area contributed by atoms with Gasteiger partial charge in [0.1, 0.15) is 60.0 Å². The number of ether oxygens (including phenoxy) is 4. The Hall–Kier alpha value is -1.17. The van der Waals surface area contributed by atoms with Gasteiger partial charge >= 0.3 is 0 Å². The van der Waals surface area contributed by atoms with E-state index >= 15 is 0 Å². The number of aliphatic hydroxyl groups excluding tert-OH is 5. The number of nitrogens with one attached hydrogen (secondary N) is 3. The van der Waals surface area contributed by atoms with Crippen LogP contribution in [0.3, 0.4) is 0 Å². The van der Waals surface area contributed by atoms with Gasteiger partial charge < -0.3 is 87.8 Å². The largest absolute Gasteiger partial charge is 0.388 e. The van der Waals surface area contributed by atoms with Crippen molar-refractivity contribution in [3.63, 3.8) is 0 Å². The van der Waals surface area contributed by atoms with Gasteiger partial charge in [-0.3, -0.25) is 4.79 Å². The third-order valence-corrected chi connectivity index (χ3v) is 10.4. The average molecular weight is 679 g/mol. The molecular weight excluding hydrogens is 624 g/mol. The van der Waals surface area contributed by atoms with Crippen molar-refractivity contribution in [1.29, 1.82) is 0 Å². The minimum Gasteiger partial charge on any atom is -0.388 e. The molecule has 0 aromatic rings. The molecule has 18 heteroatoms. The van der Waals surface area contributed by atoms with E-state index in [0.29, 0.717) is 12.5 Å². The molecule has 3 saturated carbocycles. The number of hydrogen-bond acceptors (Lipinski definition) is 17. The van der Waals surface area contributed by atoms with Gasteiger partial charge in [-0.05, 0) is 45.7 Å². The lowest BCUT2D eigenvalue weighted by Crippen LogP contribution is -2.71. The van der Waals surface area contributed by atoms with Gasteiger partial charge in [0.15, 0.2) is 12.6 Å². The predicted octanol–water partition coefficient (Wildman–Crippen LogP) is -6.62. The lowest BCUT2D eigenvalue weighted by Gasteiger charge is -2.50. The van der Waals surface area contributed by atoms with E-state index in [9.17, 15) is 40.5 Å². The highest BCUT2D eigenvalue weighted by atomic mass is 16.7. The zero-order chi connectivity index (χ0) is 34.4. The summed E-state index contributed by atoms with van der Waals surface area (Å²) in [5.74, 6) is -0.350. The maximum Gasteiger partial charge on any atom is 0.252 e. The second-order valence-electron chi connectivity index (χ2n) is 14.4. The van der Waals surface area contributed by atoms with Crippen LogP contribution in [0.25, 0.3) is 0 Å². The molecule has 2 heterocycles. The summed E-state index contributed by atoms with van der Waals surface area (Å²) in [4.78, 5) is 13.1. The summed E-state index contributed by atoms with van der Waals surface area (Å²) in [6.07, 6.45) is -12.6. The molecule has 18 nitrogen and oxygen atoms in total. The third-order valence-electron chi connectivity index (χ3n) is 10.4. The SMILES string of the molecule is CN[C@@H]1[C@@H](O)[C@@H](O[C@H]2[C@H](NC(=O)C3(O)CC(N)C3)C[C@H](N)C(O[C@H]3O[C@H](CNCC4CC(N)C4)[C@@H](O)[C@H](O)[C@H]3O)[C@@H]2O)OC[C@]1(C)O. The summed E-state index contributed by atoms with van der Waals surface area (Å²) in [6.45, 7) is 2.01. The molecule has 0 radical (unpaired) electrons. The van der Waals surface area contributed by atoms with Crippen LogP contribution in [0.4, 0.5) is 0 Å². The third kappa shape index (κ3) is 7.78. The molecule has 0 bridgehead atoms. The minimum absolute atomic E-state index is 0.0378. The molecule has 3 aliphatic carbocycles. The Balaban J connectivity index is 1.30. The molecule has 1 amide bonds. The molecule has 2 saturated heterocycles. The number of amides is 1. The molecule has 14 atom stereocenters. The van der Waals surface area contributed by atoms with Crippen LogP contribution in [-0.2, 0) is 23.7 Å². The van der Waals surface area contributed by atoms with Gasteiger partial charge in [0.2, 0.25) is 0 Å². The highest BCUT2D eigenvalue weighted by molar-refractivity contribution is 5.86. The number of likely N-dealkylation sites (N-methyl/N-ethyl adjacent to an activating group) is 1. The Kier molecular flexibility index (Phi) is 11.5. The van der Waals surface area contributed by atoms with Crippen LogP contribution in [0, 0.1) is 5.92 Å². The fraction of sp³-hybridized carbons (Fsp3) is 0.966. The average Bonchev–Trinajstić information content (AvgIpc) is 2.97. The summed E-state index contributed by atoms with van der Waals surface area (Å²) >= 11 is 0. The van der Waals surface area contributed by atoms with Crippen LogP contribution < -0.4 is 33.2 Å². The molecular formula is C29H54N6O12. The van der Waals surface area contributed by atoms with Crippen molar-refractivity contribution in [2.24, 2.45) is 23.1 Å². The summed E-state index contributed by atoms with van der Waals surface area (Å²) in [5.41, 5.74) is 14.9. The normalized spacial score (nSPS) is 51.9. The van der Waals surface area contributed by atoms with E-state index < -0.39 is 96.6 Å². The fourth-order valence-electron chi connectivity index (χ4n) is 7.49. The smallest absolute Gasteiger partial charge is 0.252 e. The van der Waals surface area contributed by atoms with Crippen molar-refractivity contribution in [2.45, 2.75) is 142 Å². The zero-order valence-corrected chi connectivity index (χ0v) is 26.8. The first kappa shape index (κ1) is 37.1. The predicted molar refractivity (Wildman–Crippen MR) is 162 cm³/mol. The maximum atomic E-state index is 13.1. The topological polar surface area (TPSA) is 310 Å². The Morgan fingerprint density at radius 2 is 1.51 bits per heavy atom. The summed E-state index contributed by atoms with van der Waals surface area (Å²) in [6, 6.07) is -3.06. The highest BCUT2D eigenvalue weighted by Gasteiger charge is 2.55. The molecule has 47 heavy (non-hydrogen) atoms. The Morgan fingerprint density at radius 1 is 0.851 bits per heavy atom. The summed E-state index contributed by atoms with van der Waals surface area (Å²) in [7, 11) is 1.54. The molecule has 1 unspecified atom stereocenters. The Morgan fingerprint density at radius 3 is 2.13 bits per heavy atom. The van der Waals surface area contributed by atoms with Crippen LogP contribution in [0.15, 0.2) is 0 Å². The highest BCUT2D eigenvalue weighted by Crippen LogP contribution is 2.35. The lowest BCUT2D eigenvalue weighted by molar-refractivity contribution is -0.331. The standard InChI is InChI=1S/C29H54N6O12/c1-28(42)10-44-25(21(40)24(28)33-2)47-23-15(35-27(41)29(43)6-13(31)7-29)5-14(32)22(20(23)39)46-26-19(38)18(37)17(36)16(45-26)9-34-8-11-3-12(30)4-11/h11-26,33-34,36-40,42-43H,3-10,30-32H2,1-2H3,(H,35,41)/t11?,12?,13?,14-,15+,16+,17+,18-,19+,20-,21+,22?,23-,24+,25+,26+,28-,29?/m0/s1. The lowest BCUT2D eigenvalue weighted by atomic mass is 9.75. The van der Waals surface area contributed by atoms with E-state index in [1.807, 2.05) is 0 Å². The van der Waals surface area contributed by atoms with Gasteiger partial charge in [-0.1, -0.05) is 0 Å². The van der Waals surface area contributed by atoms with E-state index in [4.69, 9.17) is 36.1 Å². The number of rotatable bonds is 11. The van der Waals surface area contributed by atoms with Crippen molar-refractivity contribution in [3.05, 3.63) is 0 Å². The molecule has 5 fully saturated rings. The maximum absolute atomic E-state index is 13.1. The molecule has 16 N–H and O–H groups in total. The van der Waals surface area contributed by atoms with E-state index in [1.165, 1.54) is 6.92 Å². The minimum atomic E-state index is -1.71. The fourth-order valence-corrected chi connectivity index (χ4v) is 7.49. The van der Waals surface area contributed by atoms with Crippen molar-refractivity contribution in [1.82, 2.24) is 16.0 Å². The van der Waals surface area contributed by atoms with Gasteiger partial charge in [0.25, 0.3) is 5.91 Å². The quantitative estimate of drug-likeness (QED) is 0.0966. The monoisotopic (exact) mass is 678 g/mol. The van der Waals surface area contributed by atoms with Crippen molar-refractivity contribution >= 4 is 5.91 Å². The number of hydrogen-bond donors (Lipinski definition) is 13. The summed E-state index contributed by atoms with van der Waals surface area (Å²) in [5, 5.41) is 84.8. The zero-order valence-electron chi connectivity index (χ0n) is 26.8. The van der Waals surface area contributed by atoms with Gasteiger partial charge in [0, 0.05) is 37.5 Å². The molecule has 5 aliphatic rings. The van der Waals surface area contributed by atoms with Crippen LogP contribution >= 0.6 is 0 Å². The number of carbonyl (C=O) groups excluding carboxylic acids is 1. The van der Waals surface area contributed by atoms with Crippen LogP contribution in [-0.4, -0.2) is 171 Å². The van der Waals surface area contributed by atoms with Crippen molar-refractivity contribution < 1.29 is 59.5 Å². The number of aliphatic hydroxyl groups is 7. The van der Waals surface area contributed by atoms with E-state index in [-0.39, 0.29) is 44.5 Å². The van der Waals surface area contributed by atoms with Crippen molar-refractivity contribution in [2.75, 3.05) is 26.7 Å². The first-order chi connectivity index (χ1) is 22.0. The van der Waals surface area contributed by atoms with E-state index in [2.05, 4.69) is 16.0 Å². The van der Waals surface area contributed by atoms with Gasteiger partial charge in [-0.2, -0.15) is 0 Å². The Bertz CT molecular complexity index is 1070. The molecule has 0 aromatic carbocycles. The number of nitrogens with two attached hydrogens (primary N) is 3. The molecule has 0 spiro atoms. The van der Waals surface area contributed by atoms with Crippen molar-refractivity contribution in [3.8, 4) is 0 Å². The van der Waals surface area contributed by atoms with Crippen LogP contribution in [0.1, 0.15) is 39.0 Å². The van der Waals surface area contributed by atoms with Crippen LogP contribution in [0.2, 0.25) is 0 Å². The van der Waals surface area contributed by atoms with Gasteiger partial charge in [0.05, 0.1) is 18.7 Å². The second-order valence-corrected chi connectivity index (χ2v) is 14.4. The first-order valence-electron chi connectivity index (χ1n) is 16.4. The summed E-state index contributed by atoms with van der Waals surface area (Å²) < 4.78 is 23.6. The molecule has 5 rings (SSSR count). The number of carbonyl (C=O) groups is 1. The van der Waals surface area contributed by atoms with Crippen LogP contribution in [0.5, 0.6) is 0 Å². The Labute approximate surface area is 273 Å². The first-order valence-corrected chi connectivity index (χ1v) is 16.4. The van der Waals surface area contributed by atoms with E-state index in [0.717, 1.165) is 12.8 Å². The van der Waals surface area contributed by atoms with Gasteiger partial charge in [-0.15, -0.1) is 0 Å². The second kappa shape index (κ2) is 14.6. The molecule has 2 aliphatic heterocycles. The molecule has 272 valence electrons. The van der Waals surface area contributed by atoms with Gasteiger partial charge in [-0.25, -0.2) is 0 Å². The van der Waals surface area contributed by atoms with E-state index in [1.54, 1.807) is 7.05 Å². The molecule has 0 aromatic heterocycles.